The Balaban J connectivity index is 2.03. The molecular formula is C18H15N3OS. The molecule has 3 rings (SSSR count). The average molecular weight is 321 g/mol. The van der Waals surface area contributed by atoms with E-state index < -0.39 is 0 Å². The number of rotatable bonds is 2. The average Bonchev–Trinajstić information content (AvgIpc) is 2.53. The van der Waals surface area contributed by atoms with Crippen LogP contribution in [0.2, 0.25) is 0 Å². The molecule has 0 aliphatic carbocycles. The van der Waals surface area contributed by atoms with Gasteiger partial charge in [0.05, 0.1) is 6.21 Å². The predicted molar refractivity (Wildman–Crippen MR) is 98.6 cm³/mol. The number of nitrogens with zero attached hydrogens (tertiary/aromatic N) is 1. The molecule has 114 valence electrons. The quantitative estimate of drug-likeness (QED) is 0.329. The second-order valence-corrected chi connectivity index (χ2v) is 5.52. The zero-order chi connectivity index (χ0) is 16.2. The number of thiocarbonyl (C=S) groups is 1. The summed E-state index contributed by atoms with van der Waals surface area (Å²) in [5, 5.41) is 11.3. The van der Waals surface area contributed by atoms with Crippen molar-refractivity contribution in [3.05, 3.63) is 60.2 Å². The predicted octanol–water partition coefficient (Wildman–Crippen LogP) is 3.34. The number of fused-ring (bicyclic) bond motifs is 2. The van der Waals surface area contributed by atoms with E-state index in [0.717, 1.165) is 27.1 Å². The van der Waals surface area contributed by atoms with Crippen molar-refractivity contribution >= 4 is 51.0 Å². The molecule has 0 aromatic heterocycles. The minimum Gasteiger partial charge on any atom is -0.302 e. The van der Waals surface area contributed by atoms with Crippen LogP contribution in [0.1, 0.15) is 12.5 Å². The summed E-state index contributed by atoms with van der Waals surface area (Å²) >= 11 is 4.98. The summed E-state index contributed by atoms with van der Waals surface area (Å²) < 4.78 is 0. The number of nitrogens with one attached hydrogen (secondary N) is 2. The third-order valence-corrected chi connectivity index (χ3v) is 3.66. The van der Waals surface area contributed by atoms with Gasteiger partial charge in [0.2, 0.25) is 5.91 Å². The zero-order valence-electron chi connectivity index (χ0n) is 12.5. The van der Waals surface area contributed by atoms with Gasteiger partial charge in [-0.15, -0.1) is 0 Å². The van der Waals surface area contributed by atoms with Crippen molar-refractivity contribution in [3.63, 3.8) is 0 Å². The standard InChI is InChI=1S/C18H15N3OS/c1-12(22)20-18(23)21-19-11-17-15-8-4-2-6-13(15)10-14-7-3-5-9-16(14)17/h2-11H,1H3,(H2,20,21,22,23)/b19-11+. The van der Waals surface area contributed by atoms with Gasteiger partial charge >= 0.3 is 0 Å². The van der Waals surface area contributed by atoms with Gasteiger partial charge in [-0.05, 0) is 39.8 Å². The molecule has 5 heteroatoms. The number of hydrogen-bond donors (Lipinski definition) is 2. The molecule has 0 unspecified atom stereocenters. The second-order valence-electron chi connectivity index (χ2n) is 5.11. The summed E-state index contributed by atoms with van der Waals surface area (Å²) in [7, 11) is 0. The lowest BCUT2D eigenvalue weighted by atomic mass is 9.97. The van der Waals surface area contributed by atoms with E-state index in [-0.39, 0.29) is 11.0 Å². The molecular weight excluding hydrogens is 306 g/mol. The highest BCUT2D eigenvalue weighted by Crippen LogP contribution is 2.27. The SMILES string of the molecule is CC(=O)NC(=S)N/N=C/c1c2ccccc2cc2ccccc12. The van der Waals surface area contributed by atoms with Gasteiger partial charge in [0, 0.05) is 12.5 Å². The third-order valence-electron chi connectivity index (χ3n) is 3.46. The van der Waals surface area contributed by atoms with Crippen LogP contribution in [0.15, 0.2) is 59.7 Å². The number of carbonyl (C=O) groups excluding carboxylic acids is 1. The fraction of sp³-hybridized carbons (Fsp3) is 0.0556. The lowest BCUT2D eigenvalue weighted by molar-refractivity contribution is -0.117. The van der Waals surface area contributed by atoms with Crippen LogP contribution < -0.4 is 10.7 Å². The summed E-state index contributed by atoms with van der Waals surface area (Å²) in [6, 6.07) is 18.5. The second kappa shape index (κ2) is 6.54. The molecule has 0 radical (unpaired) electrons. The molecule has 0 aliphatic rings. The van der Waals surface area contributed by atoms with E-state index in [4.69, 9.17) is 12.2 Å². The molecule has 0 spiro atoms. The largest absolute Gasteiger partial charge is 0.302 e. The van der Waals surface area contributed by atoms with Crippen LogP contribution >= 0.6 is 12.2 Å². The van der Waals surface area contributed by atoms with E-state index in [1.807, 2.05) is 24.3 Å². The first-order valence-electron chi connectivity index (χ1n) is 7.16. The Morgan fingerprint density at radius 1 is 1.04 bits per heavy atom. The van der Waals surface area contributed by atoms with E-state index in [2.05, 4.69) is 46.2 Å². The first-order valence-corrected chi connectivity index (χ1v) is 7.57. The molecule has 23 heavy (non-hydrogen) atoms. The third kappa shape index (κ3) is 3.35. The first-order chi connectivity index (χ1) is 11.1. The minimum atomic E-state index is -0.228. The molecule has 0 saturated carbocycles. The molecule has 1 amide bonds. The molecule has 0 atom stereocenters. The van der Waals surface area contributed by atoms with Crippen molar-refractivity contribution in [2.45, 2.75) is 6.92 Å². The van der Waals surface area contributed by atoms with Crippen LogP contribution in [0.25, 0.3) is 21.5 Å². The smallest absolute Gasteiger partial charge is 0.223 e. The van der Waals surface area contributed by atoms with Gasteiger partial charge in [-0.3, -0.25) is 10.2 Å². The van der Waals surface area contributed by atoms with Crippen molar-refractivity contribution in [1.82, 2.24) is 10.7 Å². The van der Waals surface area contributed by atoms with Crippen LogP contribution in [0.4, 0.5) is 0 Å². The maximum absolute atomic E-state index is 10.9. The van der Waals surface area contributed by atoms with Gasteiger partial charge in [0.15, 0.2) is 5.11 Å². The number of benzene rings is 3. The highest BCUT2D eigenvalue weighted by atomic mass is 32.1. The van der Waals surface area contributed by atoms with Gasteiger partial charge in [-0.2, -0.15) is 5.10 Å². The monoisotopic (exact) mass is 321 g/mol. The van der Waals surface area contributed by atoms with Crippen LogP contribution in [-0.2, 0) is 4.79 Å². The summed E-state index contributed by atoms with van der Waals surface area (Å²) in [5.74, 6) is -0.228. The van der Waals surface area contributed by atoms with E-state index in [1.165, 1.54) is 6.92 Å². The summed E-state index contributed by atoms with van der Waals surface area (Å²) in [6.07, 6.45) is 1.73. The van der Waals surface area contributed by atoms with Crippen molar-refractivity contribution in [2.75, 3.05) is 0 Å². The molecule has 0 fully saturated rings. The zero-order valence-corrected chi connectivity index (χ0v) is 13.4. The lowest BCUT2D eigenvalue weighted by Crippen LogP contribution is -2.35. The lowest BCUT2D eigenvalue weighted by Gasteiger charge is -2.08. The van der Waals surface area contributed by atoms with Crippen molar-refractivity contribution in [3.8, 4) is 0 Å². The highest BCUT2D eigenvalue weighted by Gasteiger charge is 2.05. The maximum Gasteiger partial charge on any atom is 0.223 e. The molecule has 0 bridgehead atoms. The molecule has 3 aromatic carbocycles. The summed E-state index contributed by atoms with van der Waals surface area (Å²) in [6.45, 7) is 1.40. The Kier molecular flexibility index (Phi) is 4.30. The van der Waals surface area contributed by atoms with Gasteiger partial charge in [-0.1, -0.05) is 48.5 Å². The van der Waals surface area contributed by atoms with Crippen molar-refractivity contribution in [2.24, 2.45) is 5.10 Å². The van der Waals surface area contributed by atoms with Crippen LogP contribution in [-0.4, -0.2) is 17.2 Å². The van der Waals surface area contributed by atoms with Gasteiger partial charge < -0.3 is 5.32 Å². The van der Waals surface area contributed by atoms with Crippen LogP contribution in [0, 0.1) is 0 Å². The number of carbonyl (C=O) groups is 1. The number of hydrazone groups is 1. The molecule has 4 nitrogen and oxygen atoms in total. The Hall–Kier alpha value is -2.79. The van der Waals surface area contributed by atoms with Gasteiger partial charge in [0.1, 0.15) is 0 Å². The van der Waals surface area contributed by atoms with Crippen molar-refractivity contribution < 1.29 is 4.79 Å². The van der Waals surface area contributed by atoms with E-state index >= 15 is 0 Å². The molecule has 2 N–H and O–H groups in total. The number of amides is 1. The number of hydrogen-bond acceptors (Lipinski definition) is 3. The Labute approximate surface area is 139 Å². The minimum absolute atomic E-state index is 0.179. The Morgan fingerprint density at radius 2 is 1.61 bits per heavy atom. The molecule has 0 heterocycles. The molecule has 0 aliphatic heterocycles. The highest BCUT2D eigenvalue weighted by molar-refractivity contribution is 7.80. The van der Waals surface area contributed by atoms with E-state index in [9.17, 15) is 4.79 Å². The van der Waals surface area contributed by atoms with E-state index in [1.54, 1.807) is 6.21 Å². The normalized spacial score (nSPS) is 11.0. The van der Waals surface area contributed by atoms with Crippen LogP contribution in [0.5, 0.6) is 0 Å². The van der Waals surface area contributed by atoms with Crippen molar-refractivity contribution in [1.29, 1.82) is 0 Å². The first kappa shape index (κ1) is 15.1. The fourth-order valence-electron chi connectivity index (χ4n) is 2.53. The maximum atomic E-state index is 10.9. The van der Waals surface area contributed by atoms with Gasteiger partial charge in [0.25, 0.3) is 0 Å². The summed E-state index contributed by atoms with van der Waals surface area (Å²) in [5.41, 5.74) is 3.67. The van der Waals surface area contributed by atoms with Gasteiger partial charge in [-0.25, -0.2) is 0 Å². The fourth-order valence-corrected chi connectivity index (χ4v) is 2.73. The van der Waals surface area contributed by atoms with E-state index in [0.29, 0.717) is 0 Å². The Bertz CT molecular complexity index is 880. The summed E-state index contributed by atoms with van der Waals surface area (Å²) in [4.78, 5) is 10.9. The molecule has 0 saturated heterocycles. The topological polar surface area (TPSA) is 53.5 Å². The molecule has 3 aromatic rings. The van der Waals surface area contributed by atoms with Crippen LogP contribution in [0.3, 0.4) is 0 Å². The Morgan fingerprint density at radius 3 is 2.17 bits per heavy atom.